The zero-order valence-electron chi connectivity index (χ0n) is 13.5. The van der Waals surface area contributed by atoms with E-state index in [9.17, 15) is 0 Å². The first-order valence-corrected chi connectivity index (χ1v) is 8.00. The topological polar surface area (TPSA) is 61.0 Å². The first kappa shape index (κ1) is 16.3. The zero-order chi connectivity index (χ0) is 15.8. The highest BCUT2D eigenvalue weighted by atomic mass is 16.5. The summed E-state index contributed by atoms with van der Waals surface area (Å²) < 4.78 is 5.62. The van der Waals surface area contributed by atoms with Crippen molar-refractivity contribution in [1.82, 2.24) is 9.97 Å². The van der Waals surface area contributed by atoms with Crippen molar-refractivity contribution in [1.29, 1.82) is 0 Å². The van der Waals surface area contributed by atoms with Gasteiger partial charge in [-0.3, -0.25) is 0 Å². The lowest BCUT2D eigenvalue weighted by Gasteiger charge is -2.14. The van der Waals surface area contributed by atoms with Crippen LogP contribution in [0.4, 0.5) is 5.95 Å². The molecule has 0 aliphatic heterocycles. The van der Waals surface area contributed by atoms with Crippen LogP contribution in [0.2, 0.25) is 0 Å². The molecule has 22 heavy (non-hydrogen) atoms. The molecule has 0 radical (unpaired) electrons. The first-order chi connectivity index (χ1) is 10.7. The number of ether oxygens (including phenoxy) is 1. The van der Waals surface area contributed by atoms with Crippen LogP contribution in [0.25, 0.3) is 0 Å². The number of rotatable bonds is 8. The molecule has 4 heteroatoms. The minimum Gasteiger partial charge on any atom is -0.473 e. The van der Waals surface area contributed by atoms with Crippen LogP contribution in [-0.2, 0) is 13.0 Å². The Morgan fingerprint density at radius 2 is 1.82 bits per heavy atom. The maximum Gasteiger partial charge on any atom is 0.223 e. The number of hydrogen-bond acceptors (Lipinski definition) is 4. The maximum atomic E-state index is 5.62. The molecule has 2 aromatic rings. The van der Waals surface area contributed by atoms with Gasteiger partial charge in [-0.05, 0) is 23.5 Å². The van der Waals surface area contributed by atoms with Crippen LogP contribution in [0, 0.1) is 5.92 Å². The quantitative estimate of drug-likeness (QED) is 0.800. The molecule has 0 amide bonds. The van der Waals surface area contributed by atoms with Gasteiger partial charge in [0.1, 0.15) is 6.61 Å². The van der Waals surface area contributed by atoms with Crippen LogP contribution in [0.3, 0.4) is 0 Å². The van der Waals surface area contributed by atoms with Crippen LogP contribution in [0.5, 0.6) is 5.88 Å². The third-order valence-electron chi connectivity index (χ3n) is 3.86. The molecule has 0 aliphatic carbocycles. The Balaban J connectivity index is 1.88. The average Bonchev–Trinajstić information content (AvgIpc) is 2.54. The van der Waals surface area contributed by atoms with E-state index in [1.165, 1.54) is 24.8 Å². The van der Waals surface area contributed by atoms with E-state index >= 15 is 0 Å². The normalized spacial score (nSPS) is 12.1. The highest BCUT2D eigenvalue weighted by molar-refractivity contribution is 5.24. The Kier molecular flexibility index (Phi) is 6.19. The van der Waals surface area contributed by atoms with Gasteiger partial charge in [-0.1, -0.05) is 57.4 Å². The fraction of sp³-hybridized carbons (Fsp3) is 0.444. The zero-order valence-corrected chi connectivity index (χ0v) is 13.5. The lowest BCUT2D eigenvalue weighted by Crippen LogP contribution is -2.03. The molecule has 0 bridgehead atoms. The van der Waals surface area contributed by atoms with Crippen LogP contribution in [0.15, 0.2) is 36.5 Å². The monoisotopic (exact) mass is 299 g/mol. The smallest absolute Gasteiger partial charge is 0.223 e. The lowest BCUT2D eigenvalue weighted by atomic mass is 9.92. The van der Waals surface area contributed by atoms with E-state index in [2.05, 4.69) is 48.1 Å². The summed E-state index contributed by atoms with van der Waals surface area (Å²) in [6, 6.07) is 10.4. The summed E-state index contributed by atoms with van der Waals surface area (Å²) in [6.07, 6.45) is 6.56. The molecule has 2 N–H and O–H groups in total. The van der Waals surface area contributed by atoms with Gasteiger partial charge in [0.2, 0.25) is 11.8 Å². The van der Waals surface area contributed by atoms with E-state index in [1.54, 1.807) is 12.3 Å². The number of benzene rings is 1. The van der Waals surface area contributed by atoms with Crippen molar-refractivity contribution in [2.45, 2.75) is 46.1 Å². The average molecular weight is 299 g/mol. The largest absolute Gasteiger partial charge is 0.473 e. The van der Waals surface area contributed by atoms with Gasteiger partial charge < -0.3 is 10.5 Å². The summed E-state index contributed by atoms with van der Waals surface area (Å²) in [5.41, 5.74) is 8.06. The summed E-state index contributed by atoms with van der Waals surface area (Å²) in [5, 5.41) is 0. The molecule has 1 unspecified atom stereocenters. The predicted molar refractivity (Wildman–Crippen MR) is 89.6 cm³/mol. The van der Waals surface area contributed by atoms with Gasteiger partial charge in [-0.25, -0.2) is 4.98 Å². The minimum absolute atomic E-state index is 0.231. The third kappa shape index (κ3) is 5.02. The second kappa shape index (κ2) is 8.37. The summed E-state index contributed by atoms with van der Waals surface area (Å²) >= 11 is 0. The minimum atomic E-state index is 0.231. The summed E-state index contributed by atoms with van der Waals surface area (Å²) in [5.74, 6) is 1.52. The second-order valence-corrected chi connectivity index (χ2v) is 5.63. The van der Waals surface area contributed by atoms with E-state index in [1.807, 2.05) is 0 Å². The lowest BCUT2D eigenvalue weighted by molar-refractivity contribution is 0.294. The maximum absolute atomic E-state index is 5.62. The number of anilines is 1. The molecule has 1 aromatic carbocycles. The van der Waals surface area contributed by atoms with Gasteiger partial charge in [-0.2, -0.15) is 4.98 Å². The van der Waals surface area contributed by atoms with Crippen molar-refractivity contribution >= 4 is 5.95 Å². The molecule has 118 valence electrons. The van der Waals surface area contributed by atoms with Crippen molar-refractivity contribution in [3.8, 4) is 5.88 Å². The van der Waals surface area contributed by atoms with Gasteiger partial charge in [0.05, 0.1) is 0 Å². The van der Waals surface area contributed by atoms with Crippen molar-refractivity contribution in [2.24, 2.45) is 5.92 Å². The Hall–Kier alpha value is -2.10. The fourth-order valence-electron chi connectivity index (χ4n) is 2.56. The van der Waals surface area contributed by atoms with Crippen molar-refractivity contribution in [3.63, 3.8) is 0 Å². The number of hydrogen-bond donors (Lipinski definition) is 1. The highest BCUT2D eigenvalue weighted by Crippen LogP contribution is 2.18. The Bertz CT molecular complexity index is 569. The van der Waals surface area contributed by atoms with E-state index in [4.69, 9.17) is 10.5 Å². The summed E-state index contributed by atoms with van der Waals surface area (Å²) in [4.78, 5) is 7.86. The van der Waals surface area contributed by atoms with Gasteiger partial charge in [0, 0.05) is 12.3 Å². The third-order valence-corrected chi connectivity index (χ3v) is 3.86. The predicted octanol–water partition coefficient (Wildman–Crippen LogP) is 4.01. The number of nitrogens with zero attached hydrogens (tertiary/aromatic N) is 2. The second-order valence-electron chi connectivity index (χ2n) is 5.63. The molecule has 0 saturated carbocycles. The Labute approximate surface area is 132 Å². The van der Waals surface area contributed by atoms with Crippen LogP contribution >= 0.6 is 0 Å². The molecular formula is C18H25N3O. The van der Waals surface area contributed by atoms with Crippen molar-refractivity contribution < 1.29 is 4.74 Å². The Morgan fingerprint density at radius 3 is 2.45 bits per heavy atom. The SMILES string of the molecule is CCCC(CC)Cc1ccc(COc2ccnc(N)n2)cc1. The fourth-order valence-corrected chi connectivity index (χ4v) is 2.56. The van der Waals surface area contributed by atoms with Gasteiger partial charge >= 0.3 is 0 Å². The highest BCUT2D eigenvalue weighted by Gasteiger charge is 2.06. The van der Waals surface area contributed by atoms with Gasteiger partial charge in [0.15, 0.2) is 0 Å². The molecule has 0 aliphatic rings. The first-order valence-electron chi connectivity index (χ1n) is 8.00. The van der Waals surface area contributed by atoms with Gasteiger partial charge in [0.25, 0.3) is 0 Å². The van der Waals surface area contributed by atoms with Crippen LogP contribution in [0.1, 0.15) is 44.2 Å². The van der Waals surface area contributed by atoms with E-state index < -0.39 is 0 Å². The van der Waals surface area contributed by atoms with E-state index in [0.29, 0.717) is 12.5 Å². The molecule has 1 heterocycles. The van der Waals surface area contributed by atoms with E-state index in [0.717, 1.165) is 17.9 Å². The standard InChI is InChI=1S/C18H25N3O/c1-3-5-14(4-2)12-15-6-8-16(9-7-15)13-22-17-10-11-20-18(19)21-17/h6-11,14H,3-5,12-13H2,1-2H3,(H2,19,20,21). The number of nitrogens with two attached hydrogens (primary N) is 1. The van der Waals surface area contributed by atoms with E-state index in [-0.39, 0.29) is 5.95 Å². The van der Waals surface area contributed by atoms with Gasteiger partial charge in [-0.15, -0.1) is 0 Å². The summed E-state index contributed by atoms with van der Waals surface area (Å²) in [7, 11) is 0. The molecule has 0 spiro atoms. The number of aromatic nitrogens is 2. The molecule has 4 nitrogen and oxygen atoms in total. The summed E-state index contributed by atoms with van der Waals surface area (Å²) in [6.45, 7) is 5.02. The Morgan fingerprint density at radius 1 is 1.09 bits per heavy atom. The van der Waals surface area contributed by atoms with Crippen LogP contribution < -0.4 is 10.5 Å². The number of nitrogen functional groups attached to an aromatic ring is 1. The van der Waals surface area contributed by atoms with Crippen LogP contribution in [-0.4, -0.2) is 9.97 Å². The molecule has 0 saturated heterocycles. The van der Waals surface area contributed by atoms with Crippen molar-refractivity contribution in [3.05, 3.63) is 47.7 Å². The van der Waals surface area contributed by atoms with Crippen molar-refractivity contribution in [2.75, 3.05) is 5.73 Å². The molecule has 2 rings (SSSR count). The molecule has 0 fully saturated rings. The molecule has 1 atom stereocenters. The molecular weight excluding hydrogens is 274 g/mol. The molecule has 1 aromatic heterocycles.